The number of halogens is 1. The molecule has 0 radical (unpaired) electrons. The fourth-order valence-electron chi connectivity index (χ4n) is 3.54. The van der Waals surface area contributed by atoms with Crippen molar-refractivity contribution in [2.45, 2.75) is 31.7 Å². The van der Waals surface area contributed by atoms with Crippen molar-refractivity contribution < 1.29 is 9.13 Å². The Kier molecular flexibility index (Phi) is 4.81. The largest absolute Gasteiger partial charge is 0.380 e. The summed E-state index contributed by atoms with van der Waals surface area (Å²) in [5, 5.41) is 4.44. The molecule has 0 spiro atoms. The van der Waals surface area contributed by atoms with Crippen molar-refractivity contribution in [2.75, 3.05) is 13.7 Å². The summed E-state index contributed by atoms with van der Waals surface area (Å²) >= 11 is 0. The van der Waals surface area contributed by atoms with E-state index in [1.54, 1.807) is 25.4 Å². The first kappa shape index (κ1) is 16.9. The highest BCUT2D eigenvalue weighted by atomic mass is 19.1. The maximum atomic E-state index is 13.0. The number of hydrogen-bond donors (Lipinski definition) is 1. The molecule has 1 N–H and O–H groups in total. The number of methoxy groups -OCH3 is 1. The maximum Gasteiger partial charge on any atom is 0.123 e. The first-order valence-corrected chi connectivity index (χ1v) is 8.73. The molecule has 26 heavy (non-hydrogen) atoms. The van der Waals surface area contributed by atoms with E-state index in [1.165, 1.54) is 12.1 Å². The number of nitrogens with zero attached hydrogens (tertiary/aromatic N) is 4. The van der Waals surface area contributed by atoms with Crippen LogP contribution in [0.15, 0.2) is 49.1 Å². The summed E-state index contributed by atoms with van der Waals surface area (Å²) in [6, 6.07) is 6.74. The van der Waals surface area contributed by atoms with E-state index < -0.39 is 0 Å². The van der Waals surface area contributed by atoms with Gasteiger partial charge < -0.3 is 9.72 Å². The van der Waals surface area contributed by atoms with Gasteiger partial charge in [-0.15, -0.1) is 0 Å². The molecule has 0 saturated carbocycles. The van der Waals surface area contributed by atoms with Gasteiger partial charge in [-0.1, -0.05) is 12.1 Å². The van der Waals surface area contributed by atoms with E-state index in [0.29, 0.717) is 6.54 Å². The van der Waals surface area contributed by atoms with E-state index in [1.807, 2.05) is 23.3 Å². The highest BCUT2D eigenvalue weighted by Gasteiger charge is 2.34. The summed E-state index contributed by atoms with van der Waals surface area (Å²) in [7, 11) is 1.76. The van der Waals surface area contributed by atoms with Crippen LogP contribution in [0.2, 0.25) is 0 Å². The fraction of sp³-hybridized carbons (Fsp3) is 0.368. The SMILES string of the molecule is CO[C@@H]1CC(c2ncc[nH]2)N(Cc2cnn(Cc3ccc(F)cc3)c2)C1. The Hall–Kier alpha value is -2.51. The quantitative estimate of drug-likeness (QED) is 0.739. The Morgan fingerprint density at radius 2 is 2.08 bits per heavy atom. The number of likely N-dealkylation sites (tertiary alicyclic amines) is 1. The van der Waals surface area contributed by atoms with Gasteiger partial charge >= 0.3 is 0 Å². The number of aromatic amines is 1. The number of imidazole rings is 1. The monoisotopic (exact) mass is 355 g/mol. The summed E-state index contributed by atoms with van der Waals surface area (Å²) in [5.41, 5.74) is 2.16. The van der Waals surface area contributed by atoms with Gasteiger partial charge in [0.2, 0.25) is 0 Å². The third-order valence-electron chi connectivity index (χ3n) is 4.86. The van der Waals surface area contributed by atoms with Gasteiger partial charge in [0, 0.05) is 44.4 Å². The zero-order chi connectivity index (χ0) is 17.9. The topological polar surface area (TPSA) is 59.0 Å². The molecule has 1 fully saturated rings. The molecule has 4 rings (SSSR count). The van der Waals surface area contributed by atoms with E-state index in [4.69, 9.17) is 4.74 Å². The molecule has 2 atom stereocenters. The molecular weight excluding hydrogens is 333 g/mol. The number of hydrogen-bond acceptors (Lipinski definition) is 4. The first-order valence-electron chi connectivity index (χ1n) is 8.73. The summed E-state index contributed by atoms with van der Waals surface area (Å²) in [6.45, 7) is 2.28. The highest BCUT2D eigenvalue weighted by Crippen LogP contribution is 2.32. The van der Waals surface area contributed by atoms with Crippen LogP contribution in [0.1, 0.15) is 29.4 Å². The third kappa shape index (κ3) is 3.68. The normalized spacial score (nSPS) is 20.7. The lowest BCUT2D eigenvalue weighted by Crippen LogP contribution is -2.25. The molecule has 1 unspecified atom stereocenters. The van der Waals surface area contributed by atoms with Crippen LogP contribution in [-0.4, -0.2) is 44.4 Å². The average Bonchev–Trinajstić information content (AvgIpc) is 3.38. The Morgan fingerprint density at radius 3 is 2.81 bits per heavy atom. The smallest absolute Gasteiger partial charge is 0.123 e. The second-order valence-electron chi connectivity index (χ2n) is 6.69. The van der Waals surface area contributed by atoms with Gasteiger partial charge in [0.15, 0.2) is 0 Å². The standard InChI is InChI=1S/C19H22FN5O/c1-26-17-8-18(19-21-6-7-22-19)24(13-17)10-15-9-23-25(12-15)11-14-2-4-16(20)5-3-14/h2-7,9,12,17-18H,8,10-11,13H2,1H3,(H,21,22)/t17-,18?/m1/s1. The van der Waals surface area contributed by atoms with Crippen LogP contribution in [0.25, 0.3) is 0 Å². The highest BCUT2D eigenvalue weighted by molar-refractivity contribution is 5.17. The summed E-state index contributed by atoms with van der Waals surface area (Å²) in [5.74, 6) is 0.754. The van der Waals surface area contributed by atoms with Crippen molar-refractivity contribution in [3.63, 3.8) is 0 Å². The van der Waals surface area contributed by atoms with Crippen molar-refractivity contribution >= 4 is 0 Å². The van der Waals surface area contributed by atoms with Crippen LogP contribution < -0.4 is 0 Å². The van der Waals surface area contributed by atoms with Crippen molar-refractivity contribution in [3.8, 4) is 0 Å². The summed E-state index contributed by atoms with van der Waals surface area (Å²) in [6.07, 6.45) is 8.71. The minimum Gasteiger partial charge on any atom is -0.380 e. The Balaban J connectivity index is 1.44. The van der Waals surface area contributed by atoms with Gasteiger partial charge in [0.1, 0.15) is 11.6 Å². The van der Waals surface area contributed by atoms with Gasteiger partial charge in [0.25, 0.3) is 0 Å². The van der Waals surface area contributed by atoms with Crippen LogP contribution in [0.4, 0.5) is 4.39 Å². The van der Waals surface area contributed by atoms with E-state index in [9.17, 15) is 4.39 Å². The molecule has 1 saturated heterocycles. The predicted octanol–water partition coefficient (Wildman–Crippen LogP) is 2.76. The molecule has 1 aliphatic heterocycles. The fourth-order valence-corrected chi connectivity index (χ4v) is 3.54. The summed E-state index contributed by atoms with van der Waals surface area (Å²) < 4.78 is 20.5. The number of H-pyrrole nitrogens is 1. The van der Waals surface area contributed by atoms with Crippen LogP contribution in [-0.2, 0) is 17.8 Å². The van der Waals surface area contributed by atoms with Crippen LogP contribution in [0.5, 0.6) is 0 Å². The van der Waals surface area contributed by atoms with Gasteiger partial charge in [-0.2, -0.15) is 5.10 Å². The van der Waals surface area contributed by atoms with Gasteiger partial charge in [0.05, 0.1) is 24.9 Å². The molecule has 1 aromatic carbocycles. The van der Waals surface area contributed by atoms with E-state index in [-0.39, 0.29) is 18.0 Å². The molecule has 2 aromatic heterocycles. The number of aromatic nitrogens is 4. The number of ether oxygens (including phenoxy) is 1. The Bertz CT molecular complexity index is 830. The van der Waals surface area contributed by atoms with E-state index in [0.717, 1.165) is 36.5 Å². The molecule has 0 aliphatic carbocycles. The zero-order valence-corrected chi connectivity index (χ0v) is 14.7. The first-order chi connectivity index (χ1) is 12.7. The molecule has 136 valence electrons. The lowest BCUT2D eigenvalue weighted by atomic mass is 10.2. The molecule has 3 heterocycles. The lowest BCUT2D eigenvalue weighted by molar-refractivity contribution is 0.107. The average molecular weight is 355 g/mol. The Labute approximate surface area is 151 Å². The minimum absolute atomic E-state index is 0.208. The lowest BCUT2D eigenvalue weighted by Gasteiger charge is -2.21. The van der Waals surface area contributed by atoms with Crippen molar-refractivity contribution in [3.05, 3.63) is 71.8 Å². The second-order valence-corrected chi connectivity index (χ2v) is 6.69. The predicted molar refractivity (Wildman–Crippen MR) is 94.9 cm³/mol. The number of nitrogens with one attached hydrogen (secondary N) is 1. The van der Waals surface area contributed by atoms with Crippen LogP contribution in [0, 0.1) is 5.82 Å². The van der Waals surface area contributed by atoms with Gasteiger partial charge in [-0.3, -0.25) is 9.58 Å². The molecule has 0 bridgehead atoms. The molecule has 7 heteroatoms. The van der Waals surface area contributed by atoms with Crippen molar-refractivity contribution in [2.24, 2.45) is 0 Å². The molecule has 3 aromatic rings. The molecule has 1 aliphatic rings. The van der Waals surface area contributed by atoms with Crippen molar-refractivity contribution in [1.82, 2.24) is 24.6 Å². The van der Waals surface area contributed by atoms with Gasteiger partial charge in [-0.25, -0.2) is 9.37 Å². The molecule has 6 nitrogen and oxygen atoms in total. The molecule has 0 amide bonds. The van der Waals surface area contributed by atoms with Crippen molar-refractivity contribution in [1.29, 1.82) is 0 Å². The second kappa shape index (κ2) is 7.39. The summed E-state index contributed by atoms with van der Waals surface area (Å²) in [4.78, 5) is 10.0. The Morgan fingerprint density at radius 1 is 1.23 bits per heavy atom. The van der Waals surface area contributed by atoms with E-state index in [2.05, 4.69) is 20.0 Å². The number of benzene rings is 1. The third-order valence-corrected chi connectivity index (χ3v) is 4.86. The number of rotatable bonds is 6. The minimum atomic E-state index is -0.222. The van der Waals surface area contributed by atoms with Gasteiger partial charge in [-0.05, 0) is 24.1 Å². The van der Waals surface area contributed by atoms with Crippen LogP contribution >= 0.6 is 0 Å². The van der Waals surface area contributed by atoms with E-state index >= 15 is 0 Å². The maximum absolute atomic E-state index is 13.0. The van der Waals surface area contributed by atoms with Crippen LogP contribution in [0.3, 0.4) is 0 Å². The molecular formula is C19H22FN5O. The zero-order valence-electron chi connectivity index (χ0n) is 14.7.